The van der Waals surface area contributed by atoms with Crippen LogP contribution in [0.3, 0.4) is 0 Å². The van der Waals surface area contributed by atoms with Crippen molar-refractivity contribution in [3.05, 3.63) is 47.7 Å². The second-order valence-electron chi connectivity index (χ2n) is 3.80. The van der Waals surface area contributed by atoms with Crippen molar-refractivity contribution in [1.29, 1.82) is 0 Å². The summed E-state index contributed by atoms with van der Waals surface area (Å²) in [5, 5.41) is 2.42. The van der Waals surface area contributed by atoms with Crippen molar-refractivity contribution < 1.29 is 22.4 Å². The summed E-state index contributed by atoms with van der Waals surface area (Å²) in [5.41, 5.74) is -0.125. The van der Waals surface area contributed by atoms with Crippen LogP contribution in [0.15, 0.2) is 35.1 Å². The first-order valence-corrected chi connectivity index (χ1v) is 5.26. The van der Waals surface area contributed by atoms with Crippen LogP contribution in [0, 0.1) is 6.92 Å². The van der Waals surface area contributed by atoms with E-state index in [4.69, 9.17) is 4.42 Å². The topological polar surface area (TPSA) is 55.1 Å². The summed E-state index contributed by atoms with van der Waals surface area (Å²) in [6, 6.07) is 4.13. The highest BCUT2D eigenvalue weighted by Crippen LogP contribution is 2.29. The lowest BCUT2D eigenvalue weighted by Crippen LogP contribution is -2.12. The summed E-state index contributed by atoms with van der Waals surface area (Å²) in [6.07, 6.45) is -3.28. The van der Waals surface area contributed by atoms with Gasteiger partial charge < -0.3 is 9.73 Å². The number of oxazole rings is 1. The minimum Gasteiger partial charge on any atom is -0.438 e. The van der Waals surface area contributed by atoms with Crippen LogP contribution in [-0.2, 0) is 6.18 Å². The fourth-order valence-corrected chi connectivity index (χ4v) is 1.45. The number of hydrogen-bond acceptors (Lipinski definition) is 3. The maximum absolute atomic E-state index is 12.3. The molecule has 0 atom stereocenters. The van der Waals surface area contributed by atoms with Gasteiger partial charge in [0.15, 0.2) is 6.39 Å². The second kappa shape index (κ2) is 4.75. The Hall–Kier alpha value is -2.31. The van der Waals surface area contributed by atoms with E-state index in [2.05, 4.69) is 10.3 Å². The van der Waals surface area contributed by atoms with Gasteiger partial charge in [0.25, 0.3) is 5.91 Å². The molecule has 0 spiro atoms. The number of aryl methyl sites for hydroxylation is 1. The Balaban J connectivity index is 2.12. The summed E-state index contributed by atoms with van der Waals surface area (Å²) in [5.74, 6) is -0.533. The molecule has 0 saturated heterocycles. The van der Waals surface area contributed by atoms with E-state index in [0.29, 0.717) is 5.69 Å². The molecule has 0 aliphatic carbocycles. The molecule has 0 aliphatic rings. The van der Waals surface area contributed by atoms with Crippen molar-refractivity contribution in [2.24, 2.45) is 0 Å². The van der Waals surface area contributed by atoms with Crippen molar-refractivity contribution in [2.75, 3.05) is 5.32 Å². The molecule has 0 fully saturated rings. The van der Waals surface area contributed by atoms with E-state index < -0.39 is 17.6 Å². The first-order valence-electron chi connectivity index (χ1n) is 5.26. The van der Waals surface area contributed by atoms with Crippen LogP contribution in [-0.4, -0.2) is 10.9 Å². The average molecular weight is 270 g/mol. The highest BCUT2D eigenvalue weighted by Gasteiger charge is 2.30. The minimum absolute atomic E-state index is 0.0277. The van der Waals surface area contributed by atoms with Gasteiger partial charge in [-0.25, -0.2) is 4.98 Å². The van der Waals surface area contributed by atoms with Gasteiger partial charge in [0.1, 0.15) is 0 Å². The van der Waals surface area contributed by atoms with Crippen molar-refractivity contribution in [1.82, 2.24) is 4.98 Å². The predicted octanol–water partition coefficient (Wildman–Crippen LogP) is 3.25. The standard InChI is InChI=1S/C12H9F3N2O2/c1-7-10(19-6-16-7)11(18)17-9-4-2-8(3-5-9)12(13,14)15/h2-6H,1H3,(H,17,18). The number of alkyl halides is 3. The van der Waals surface area contributed by atoms with E-state index in [-0.39, 0.29) is 11.4 Å². The molecular formula is C12H9F3N2O2. The van der Waals surface area contributed by atoms with Crippen LogP contribution in [0.2, 0.25) is 0 Å². The number of nitrogens with zero attached hydrogens (tertiary/aromatic N) is 1. The number of carbonyl (C=O) groups is 1. The number of rotatable bonds is 2. The molecule has 1 N–H and O–H groups in total. The summed E-state index contributed by atoms with van der Waals surface area (Å²) < 4.78 is 41.9. The number of carbonyl (C=O) groups excluding carboxylic acids is 1. The lowest BCUT2D eigenvalue weighted by atomic mass is 10.2. The smallest absolute Gasteiger partial charge is 0.416 e. The fourth-order valence-electron chi connectivity index (χ4n) is 1.45. The van der Waals surface area contributed by atoms with Crippen molar-refractivity contribution in [3.63, 3.8) is 0 Å². The Kier molecular flexibility index (Phi) is 3.28. The highest BCUT2D eigenvalue weighted by molar-refractivity contribution is 6.02. The summed E-state index contributed by atoms with van der Waals surface area (Å²) >= 11 is 0. The molecule has 0 unspecified atom stereocenters. The molecule has 19 heavy (non-hydrogen) atoms. The third-order valence-corrected chi connectivity index (χ3v) is 2.42. The van der Waals surface area contributed by atoms with Gasteiger partial charge in [-0.1, -0.05) is 0 Å². The zero-order valence-electron chi connectivity index (χ0n) is 9.78. The van der Waals surface area contributed by atoms with Crippen LogP contribution in [0.1, 0.15) is 21.8 Å². The van der Waals surface area contributed by atoms with Crippen molar-refractivity contribution >= 4 is 11.6 Å². The monoisotopic (exact) mass is 270 g/mol. The van der Waals surface area contributed by atoms with Gasteiger partial charge in [0.2, 0.25) is 5.76 Å². The number of hydrogen-bond donors (Lipinski definition) is 1. The first kappa shape index (κ1) is 13.1. The number of halogens is 3. The number of benzene rings is 1. The van der Waals surface area contributed by atoms with E-state index >= 15 is 0 Å². The lowest BCUT2D eigenvalue weighted by molar-refractivity contribution is -0.137. The third-order valence-electron chi connectivity index (χ3n) is 2.42. The van der Waals surface area contributed by atoms with Crippen molar-refractivity contribution in [3.8, 4) is 0 Å². The molecule has 1 aromatic heterocycles. The van der Waals surface area contributed by atoms with E-state index in [1.54, 1.807) is 6.92 Å². The first-order chi connectivity index (χ1) is 8.88. The number of amides is 1. The Morgan fingerprint density at radius 1 is 1.26 bits per heavy atom. The van der Waals surface area contributed by atoms with E-state index in [1.807, 2.05) is 0 Å². The Bertz CT molecular complexity index is 588. The molecule has 1 aromatic carbocycles. The third kappa shape index (κ3) is 2.93. The minimum atomic E-state index is -4.40. The molecular weight excluding hydrogens is 261 g/mol. The molecule has 100 valence electrons. The molecule has 4 nitrogen and oxygen atoms in total. The van der Waals surface area contributed by atoms with Crippen LogP contribution >= 0.6 is 0 Å². The lowest BCUT2D eigenvalue weighted by Gasteiger charge is -2.08. The number of nitrogens with one attached hydrogen (secondary N) is 1. The van der Waals surface area contributed by atoms with Crippen LogP contribution in [0.5, 0.6) is 0 Å². The van der Waals surface area contributed by atoms with Crippen molar-refractivity contribution in [2.45, 2.75) is 13.1 Å². The molecule has 1 heterocycles. The second-order valence-corrected chi connectivity index (χ2v) is 3.80. The average Bonchev–Trinajstić information content (AvgIpc) is 2.75. The Morgan fingerprint density at radius 3 is 2.37 bits per heavy atom. The van der Waals surface area contributed by atoms with Crippen LogP contribution in [0.4, 0.5) is 18.9 Å². The summed E-state index contributed by atoms with van der Waals surface area (Å²) in [4.78, 5) is 15.5. The molecule has 2 rings (SSSR count). The van der Waals surface area contributed by atoms with Gasteiger partial charge in [0, 0.05) is 5.69 Å². The largest absolute Gasteiger partial charge is 0.438 e. The van der Waals surface area contributed by atoms with Gasteiger partial charge >= 0.3 is 6.18 Å². The molecule has 0 radical (unpaired) electrons. The fraction of sp³-hybridized carbons (Fsp3) is 0.167. The maximum Gasteiger partial charge on any atom is 0.416 e. The normalized spacial score (nSPS) is 11.4. The molecule has 2 aromatic rings. The van der Waals surface area contributed by atoms with E-state index in [9.17, 15) is 18.0 Å². The number of aromatic nitrogens is 1. The molecule has 1 amide bonds. The molecule has 0 aliphatic heterocycles. The quantitative estimate of drug-likeness (QED) is 0.911. The molecule has 7 heteroatoms. The van der Waals surface area contributed by atoms with E-state index in [0.717, 1.165) is 18.5 Å². The Morgan fingerprint density at radius 2 is 1.89 bits per heavy atom. The van der Waals surface area contributed by atoms with Gasteiger partial charge in [-0.05, 0) is 31.2 Å². The maximum atomic E-state index is 12.3. The van der Waals surface area contributed by atoms with Gasteiger partial charge in [-0.2, -0.15) is 13.2 Å². The zero-order chi connectivity index (χ0) is 14.0. The van der Waals surface area contributed by atoms with E-state index in [1.165, 1.54) is 12.1 Å². The predicted molar refractivity (Wildman–Crippen MR) is 60.6 cm³/mol. The van der Waals surface area contributed by atoms with Gasteiger partial charge in [-0.15, -0.1) is 0 Å². The molecule has 0 bridgehead atoms. The highest BCUT2D eigenvalue weighted by atomic mass is 19.4. The zero-order valence-corrected chi connectivity index (χ0v) is 9.78. The van der Waals surface area contributed by atoms with Crippen LogP contribution < -0.4 is 5.32 Å². The van der Waals surface area contributed by atoms with Crippen LogP contribution in [0.25, 0.3) is 0 Å². The number of anilines is 1. The Labute approximate surface area is 106 Å². The summed E-state index contributed by atoms with van der Waals surface area (Å²) in [7, 11) is 0. The molecule has 0 saturated carbocycles. The SMILES string of the molecule is Cc1ncoc1C(=O)Nc1ccc(C(F)(F)F)cc1. The van der Waals surface area contributed by atoms with Gasteiger partial charge in [0.05, 0.1) is 11.3 Å². The van der Waals surface area contributed by atoms with Gasteiger partial charge in [-0.3, -0.25) is 4.79 Å². The summed E-state index contributed by atoms with van der Waals surface area (Å²) in [6.45, 7) is 1.59.